The van der Waals surface area contributed by atoms with Crippen LogP contribution in [0.25, 0.3) is 0 Å². The van der Waals surface area contributed by atoms with E-state index >= 15 is 0 Å². The lowest BCUT2D eigenvalue weighted by Gasteiger charge is -2.35. The van der Waals surface area contributed by atoms with Gasteiger partial charge >= 0.3 is 0 Å². The van der Waals surface area contributed by atoms with Gasteiger partial charge in [0, 0.05) is 25.9 Å². The molecule has 2 rings (SSSR count). The number of nitriles is 1. The number of hydrogen-bond acceptors (Lipinski definition) is 3. The number of piperidine rings is 1. The van der Waals surface area contributed by atoms with Crippen LogP contribution in [0, 0.1) is 30.6 Å². The first-order chi connectivity index (χ1) is 10.3. The highest BCUT2D eigenvalue weighted by molar-refractivity contribution is 5.84. The molecule has 0 bridgehead atoms. The van der Waals surface area contributed by atoms with Gasteiger partial charge in [-0.3, -0.25) is 4.79 Å². The summed E-state index contributed by atoms with van der Waals surface area (Å²) < 4.78 is 6.15. The van der Waals surface area contributed by atoms with Crippen molar-refractivity contribution in [2.24, 2.45) is 5.41 Å². The summed E-state index contributed by atoms with van der Waals surface area (Å²) in [7, 11) is 0. The summed E-state index contributed by atoms with van der Waals surface area (Å²) in [6.07, 6.45) is 1.75. The number of ether oxygens (including phenoxy) is 1. The molecule has 1 aromatic carbocycles. The van der Waals surface area contributed by atoms with Gasteiger partial charge in [-0.1, -0.05) is 18.2 Å². The van der Waals surface area contributed by atoms with Crippen molar-refractivity contribution in [3.63, 3.8) is 0 Å². The van der Waals surface area contributed by atoms with E-state index in [0.29, 0.717) is 13.1 Å². The minimum Gasteiger partial charge on any atom is -0.490 e. The molecule has 118 valence electrons. The van der Waals surface area contributed by atoms with Gasteiger partial charge in [0.2, 0.25) is 5.91 Å². The molecule has 0 saturated carbocycles. The molecular formula is C18H24N2O2. The maximum atomic E-state index is 12.3. The topological polar surface area (TPSA) is 53.3 Å². The number of hydrogen-bond donors (Lipinski definition) is 0. The highest BCUT2D eigenvalue weighted by atomic mass is 16.5. The number of carbonyl (C=O) groups is 1. The van der Waals surface area contributed by atoms with Gasteiger partial charge < -0.3 is 9.64 Å². The molecule has 1 aliphatic rings. The van der Waals surface area contributed by atoms with Crippen LogP contribution in [-0.2, 0) is 4.79 Å². The number of aryl methyl sites for hydroxylation is 2. The zero-order chi connectivity index (χ0) is 16.3. The van der Waals surface area contributed by atoms with Crippen LogP contribution >= 0.6 is 0 Å². The highest BCUT2D eigenvalue weighted by Gasteiger charge is 2.34. The molecule has 4 nitrogen and oxygen atoms in total. The number of para-hydroxylation sites is 1. The number of carbonyl (C=O) groups excluding carboxylic acids is 1. The molecule has 0 N–H and O–H groups in total. The summed E-state index contributed by atoms with van der Waals surface area (Å²) in [6.45, 7) is 8.76. The average molecular weight is 300 g/mol. The van der Waals surface area contributed by atoms with E-state index in [0.717, 1.165) is 29.7 Å². The fourth-order valence-electron chi connectivity index (χ4n) is 2.77. The van der Waals surface area contributed by atoms with Gasteiger partial charge in [-0.25, -0.2) is 0 Å². The summed E-state index contributed by atoms with van der Waals surface area (Å²) >= 11 is 0. The van der Waals surface area contributed by atoms with Gasteiger partial charge in [-0.05, 0) is 38.8 Å². The Balaban J connectivity index is 1.96. The van der Waals surface area contributed by atoms with Gasteiger partial charge in [-0.2, -0.15) is 5.26 Å². The summed E-state index contributed by atoms with van der Waals surface area (Å²) in [5, 5.41) is 9.08. The third-order valence-electron chi connectivity index (χ3n) is 4.24. The van der Waals surface area contributed by atoms with Crippen molar-refractivity contribution in [2.45, 2.75) is 46.6 Å². The minimum atomic E-state index is -0.944. The van der Waals surface area contributed by atoms with Gasteiger partial charge in [0.15, 0.2) is 0 Å². The van der Waals surface area contributed by atoms with E-state index in [2.05, 4.69) is 32.0 Å². The zero-order valence-corrected chi connectivity index (χ0v) is 13.8. The zero-order valence-electron chi connectivity index (χ0n) is 13.8. The summed E-state index contributed by atoms with van der Waals surface area (Å²) in [4.78, 5) is 14.1. The first kappa shape index (κ1) is 16.4. The molecule has 1 amide bonds. The molecule has 0 spiro atoms. The Morgan fingerprint density at radius 2 is 1.82 bits per heavy atom. The van der Waals surface area contributed by atoms with Crippen molar-refractivity contribution >= 4 is 5.91 Å². The number of rotatable bonds is 3. The lowest BCUT2D eigenvalue weighted by Crippen LogP contribution is -2.46. The molecule has 22 heavy (non-hydrogen) atoms. The Morgan fingerprint density at radius 3 is 2.32 bits per heavy atom. The van der Waals surface area contributed by atoms with Crippen molar-refractivity contribution in [3.8, 4) is 11.8 Å². The normalized spacial score (nSPS) is 16.2. The molecule has 1 heterocycles. The predicted molar refractivity (Wildman–Crippen MR) is 85.5 cm³/mol. The van der Waals surface area contributed by atoms with E-state index in [-0.39, 0.29) is 12.0 Å². The molecule has 1 aliphatic heterocycles. The molecule has 1 aromatic rings. The number of amides is 1. The Morgan fingerprint density at radius 1 is 1.27 bits per heavy atom. The van der Waals surface area contributed by atoms with Gasteiger partial charge in [0.1, 0.15) is 17.3 Å². The van der Waals surface area contributed by atoms with Crippen LogP contribution in [0.1, 0.15) is 37.8 Å². The average Bonchev–Trinajstić information content (AvgIpc) is 2.51. The Kier molecular flexibility index (Phi) is 4.75. The Hall–Kier alpha value is -2.02. The smallest absolute Gasteiger partial charge is 0.242 e. The molecule has 1 fully saturated rings. The van der Waals surface area contributed by atoms with E-state index in [4.69, 9.17) is 10.00 Å². The fraction of sp³-hybridized carbons (Fsp3) is 0.556. The third kappa shape index (κ3) is 3.41. The van der Waals surface area contributed by atoms with Gasteiger partial charge in [-0.15, -0.1) is 0 Å². The van der Waals surface area contributed by atoms with Crippen molar-refractivity contribution in [1.29, 1.82) is 5.26 Å². The fourth-order valence-corrected chi connectivity index (χ4v) is 2.77. The molecule has 0 aliphatic carbocycles. The van der Waals surface area contributed by atoms with E-state index in [9.17, 15) is 4.79 Å². The van der Waals surface area contributed by atoms with E-state index in [1.54, 1.807) is 18.7 Å². The van der Waals surface area contributed by atoms with Crippen molar-refractivity contribution < 1.29 is 9.53 Å². The molecule has 0 radical (unpaired) electrons. The van der Waals surface area contributed by atoms with Crippen LogP contribution in [0.5, 0.6) is 5.75 Å². The maximum Gasteiger partial charge on any atom is 0.242 e. The highest BCUT2D eigenvalue weighted by Crippen LogP contribution is 2.27. The van der Waals surface area contributed by atoms with Crippen LogP contribution < -0.4 is 4.74 Å². The minimum absolute atomic E-state index is 0.0828. The van der Waals surface area contributed by atoms with Crippen LogP contribution in [0.15, 0.2) is 18.2 Å². The van der Waals surface area contributed by atoms with Crippen molar-refractivity contribution in [2.75, 3.05) is 13.1 Å². The van der Waals surface area contributed by atoms with Crippen LogP contribution in [0.2, 0.25) is 0 Å². The third-order valence-corrected chi connectivity index (χ3v) is 4.24. The monoisotopic (exact) mass is 300 g/mol. The quantitative estimate of drug-likeness (QED) is 0.861. The lowest BCUT2D eigenvalue weighted by molar-refractivity contribution is -0.139. The molecule has 0 aromatic heterocycles. The summed E-state index contributed by atoms with van der Waals surface area (Å²) in [6, 6.07) is 8.22. The molecule has 4 heteroatoms. The standard InChI is InChI=1S/C18H24N2O2/c1-13-6-5-7-14(2)16(13)22-15-8-10-20(11-9-15)17(21)18(3,4)12-19/h5-7,15H,8-11H2,1-4H3. The Labute approximate surface area is 132 Å². The molecular weight excluding hydrogens is 276 g/mol. The largest absolute Gasteiger partial charge is 0.490 e. The summed E-state index contributed by atoms with van der Waals surface area (Å²) in [5.41, 5.74) is 1.34. The van der Waals surface area contributed by atoms with E-state index in [1.165, 1.54) is 0 Å². The second-order valence-electron chi connectivity index (χ2n) is 6.57. The second kappa shape index (κ2) is 6.39. The maximum absolute atomic E-state index is 12.3. The summed E-state index contributed by atoms with van der Waals surface area (Å²) in [5.74, 6) is 0.880. The van der Waals surface area contributed by atoms with Crippen molar-refractivity contribution in [1.82, 2.24) is 4.90 Å². The molecule has 1 saturated heterocycles. The lowest BCUT2D eigenvalue weighted by atomic mass is 9.92. The molecule has 0 atom stereocenters. The van der Waals surface area contributed by atoms with Crippen molar-refractivity contribution in [3.05, 3.63) is 29.3 Å². The number of likely N-dealkylation sites (tertiary alicyclic amines) is 1. The Bertz CT molecular complexity index is 573. The first-order valence-corrected chi connectivity index (χ1v) is 7.78. The van der Waals surface area contributed by atoms with Crippen LogP contribution in [-0.4, -0.2) is 30.0 Å². The number of benzene rings is 1. The van der Waals surface area contributed by atoms with Gasteiger partial charge in [0.25, 0.3) is 0 Å². The second-order valence-corrected chi connectivity index (χ2v) is 6.57. The molecule has 0 unspecified atom stereocenters. The first-order valence-electron chi connectivity index (χ1n) is 7.78. The predicted octanol–water partition coefficient (Wildman–Crippen LogP) is 3.22. The van der Waals surface area contributed by atoms with E-state index in [1.807, 2.05) is 6.07 Å². The SMILES string of the molecule is Cc1cccc(C)c1OC1CCN(C(=O)C(C)(C)C#N)CC1. The van der Waals surface area contributed by atoms with E-state index < -0.39 is 5.41 Å². The van der Waals surface area contributed by atoms with Gasteiger partial charge in [0.05, 0.1) is 6.07 Å². The van der Waals surface area contributed by atoms with Crippen LogP contribution in [0.4, 0.5) is 0 Å². The number of nitrogens with zero attached hydrogens (tertiary/aromatic N) is 2. The van der Waals surface area contributed by atoms with Crippen LogP contribution in [0.3, 0.4) is 0 Å².